The predicted octanol–water partition coefficient (Wildman–Crippen LogP) is 3.45. The van der Waals surface area contributed by atoms with Crippen molar-refractivity contribution >= 4 is 5.78 Å². The molecule has 0 saturated carbocycles. The average molecular weight is 285 g/mol. The van der Waals surface area contributed by atoms with E-state index in [0.29, 0.717) is 18.7 Å². The summed E-state index contributed by atoms with van der Waals surface area (Å²) >= 11 is 0. The van der Waals surface area contributed by atoms with Gasteiger partial charge in [-0.2, -0.15) is 13.2 Å². The van der Waals surface area contributed by atoms with E-state index >= 15 is 0 Å². The Hall–Kier alpha value is -1.36. The maximum absolute atomic E-state index is 12.6. The maximum Gasteiger partial charge on any atom is 0.391 e. The van der Waals surface area contributed by atoms with Gasteiger partial charge in [0.1, 0.15) is 0 Å². The van der Waals surface area contributed by atoms with Crippen LogP contribution in [0.2, 0.25) is 0 Å². The second kappa shape index (κ2) is 5.95. The first kappa shape index (κ1) is 15.0. The Bertz CT molecular complexity index is 476. The fourth-order valence-electron chi connectivity index (χ4n) is 2.59. The van der Waals surface area contributed by atoms with Gasteiger partial charge in [0.2, 0.25) is 0 Å². The smallest absolute Gasteiger partial charge is 0.296 e. The van der Waals surface area contributed by atoms with Crippen LogP contribution in [0.15, 0.2) is 24.3 Å². The number of benzene rings is 1. The molecule has 1 aromatic carbocycles. The monoisotopic (exact) mass is 285 g/mol. The number of nitrogens with zero attached hydrogens (tertiary/aromatic N) is 1. The largest absolute Gasteiger partial charge is 0.391 e. The number of aryl methyl sites for hydroxylation is 1. The van der Waals surface area contributed by atoms with Gasteiger partial charge in [0.15, 0.2) is 5.78 Å². The topological polar surface area (TPSA) is 20.3 Å². The molecule has 0 aromatic heterocycles. The van der Waals surface area contributed by atoms with Crippen molar-refractivity contribution in [3.8, 4) is 0 Å². The van der Waals surface area contributed by atoms with E-state index in [-0.39, 0.29) is 25.2 Å². The Labute approximate surface area is 116 Å². The van der Waals surface area contributed by atoms with E-state index in [1.807, 2.05) is 24.0 Å². The van der Waals surface area contributed by atoms with Crippen LogP contribution in [-0.4, -0.2) is 36.5 Å². The molecule has 0 N–H and O–H groups in total. The zero-order chi connectivity index (χ0) is 14.8. The SMILES string of the molecule is Cc1ccccc1C(=O)CN1CCC(C(F)(F)F)CC1. The number of hydrogen-bond acceptors (Lipinski definition) is 2. The minimum Gasteiger partial charge on any atom is -0.296 e. The lowest BCUT2D eigenvalue weighted by molar-refractivity contribution is -0.184. The first-order valence-electron chi connectivity index (χ1n) is 6.76. The fraction of sp³-hybridized carbons (Fsp3) is 0.533. The molecule has 1 fully saturated rings. The van der Waals surface area contributed by atoms with E-state index < -0.39 is 12.1 Å². The van der Waals surface area contributed by atoms with Gasteiger partial charge in [0.05, 0.1) is 12.5 Å². The Balaban J connectivity index is 1.90. The fourth-order valence-corrected chi connectivity index (χ4v) is 2.59. The summed E-state index contributed by atoms with van der Waals surface area (Å²) in [6.45, 7) is 2.74. The van der Waals surface area contributed by atoms with Crippen molar-refractivity contribution in [2.24, 2.45) is 5.92 Å². The Morgan fingerprint density at radius 2 is 1.85 bits per heavy atom. The molecule has 20 heavy (non-hydrogen) atoms. The Kier molecular flexibility index (Phi) is 4.48. The predicted molar refractivity (Wildman–Crippen MR) is 70.7 cm³/mol. The molecule has 2 rings (SSSR count). The molecule has 0 bridgehead atoms. The molecular formula is C15H18F3NO. The number of hydrogen-bond donors (Lipinski definition) is 0. The summed E-state index contributed by atoms with van der Waals surface area (Å²) in [5.41, 5.74) is 1.56. The molecule has 5 heteroatoms. The van der Waals surface area contributed by atoms with Crippen LogP contribution in [0.25, 0.3) is 0 Å². The van der Waals surface area contributed by atoms with Crippen molar-refractivity contribution in [2.75, 3.05) is 19.6 Å². The molecular weight excluding hydrogens is 267 g/mol. The normalized spacial score (nSPS) is 18.2. The van der Waals surface area contributed by atoms with Crippen LogP contribution >= 0.6 is 0 Å². The molecule has 1 aliphatic rings. The zero-order valence-corrected chi connectivity index (χ0v) is 11.4. The van der Waals surface area contributed by atoms with Crippen LogP contribution in [-0.2, 0) is 0 Å². The van der Waals surface area contributed by atoms with E-state index in [0.717, 1.165) is 5.56 Å². The van der Waals surface area contributed by atoms with Crippen molar-refractivity contribution in [1.29, 1.82) is 0 Å². The number of carbonyl (C=O) groups is 1. The lowest BCUT2D eigenvalue weighted by Crippen LogP contribution is -2.41. The molecule has 1 saturated heterocycles. The number of Topliss-reactive ketones (excluding diaryl/α,β-unsaturated/α-hetero) is 1. The molecule has 0 spiro atoms. The molecule has 2 nitrogen and oxygen atoms in total. The number of halogens is 3. The molecule has 0 aliphatic carbocycles. The Morgan fingerprint density at radius 3 is 2.40 bits per heavy atom. The third-order valence-corrected chi connectivity index (χ3v) is 3.86. The van der Waals surface area contributed by atoms with Crippen LogP contribution in [0.1, 0.15) is 28.8 Å². The third kappa shape index (κ3) is 3.60. The average Bonchev–Trinajstić information content (AvgIpc) is 2.38. The van der Waals surface area contributed by atoms with Gasteiger partial charge in [-0.1, -0.05) is 24.3 Å². The van der Waals surface area contributed by atoms with Crippen molar-refractivity contribution in [3.05, 3.63) is 35.4 Å². The summed E-state index contributed by atoms with van der Waals surface area (Å²) in [6, 6.07) is 7.29. The summed E-state index contributed by atoms with van der Waals surface area (Å²) < 4.78 is 37.7. The molecule has 1 aliphatic heterocycles. The summed E-state index contributed by atoms with van der Waals surface area (Å²) in [4.78, 5) is 14.0. The van der Waals surface area contributed by atoms with Crippen LogP contribution in [0, 0.1) is 12.8 Å². The van der Waals surface area contributed by atoms with Gasteiger partial charge in [-0.3, -0.25) is 9.69 Å². The third-order valence-electron chi connectivity index (χ3n) is 3.86. The molecule has 110 valence electrons. The van der Waals surface area contributed by atoms with Crippen LogP contribution in [0.4, 0.5) is 13.2 Å². The van der Waals surface area contributed by atoms with Crippen molar-refractivity contribution in [2.45, 2.75) is 25.9 Å². The van der Waals surface area contributed by atoms with Gasteiger partial charge in [-0.05, 0) is 38.4 Å². The molecule has 0 unspecified atom stereocenters. The van der Waals surface area contributed by atoms with Crippen LogP contribution in [0.3, 0.4) is 0 Å². The highest BCUT2D eigenvalue weighted by atomic mass is 19.4. The number of likely N-dealkylation sites (tertiary alicyclic amines) is 1. The molecule has 0 amide bonds. The van der Waals surface area contributed by atoms with Gasteiger partial charge in [0, 0.05) is 5.56 Å². The molecule has 0 radical (unpaired) electrons. The zero-order valence-electron chi connectivity index (χ0n) is 11.4. The van der Waals surface area contributed by atoms with E-state index in [1.54, 1.807) is 12.1 Å². The maximum atomic E-state index is 12.6. The summed E-state index contributed by atoms with van der Waals surface area (Å²) in [5, 5.41) is 0. The minimum atomic E-state index is -4.11. The van der Waals surface area contributed by atoms with Crippen molar-refractivity contribution < 1.29 is 18.0 Å². The molecule has 1 heterocycles. The van der Waals surface area contributed by atoms with E-state index in [4.69, 9.17) is 0 Å². The highest BCUT2D eigenvalue weighted by Gasteiger charge is 2.41. The van der Waals surface area contributed by atoms with Crippen LogP contribution < -0.4 is 0 Å². The second-order valence-electron chi connectivity index (χ2n) is 5.33. The first-order chi connectivity index (χ1) is 9.38. The molecule has 1 aromatic rings. The summed E-state index contributed by atoms with van der Waals surface area (Å²) in [7, 11) is 0. The van der Waals surface area contributed by atoms with Crippen molar-refractivity contribution in [3.63, 3.8) is 0 Å². The Morgan fingerprint density at radius 1 is 1.25 bits per heavy atom. The number of alkyl halides is 3. The molecule has 0 atom stereocenters. The van der Waals surface area contributed by atoms with Gasteiger partial charge >= 0.3 is 6.18 Å². The van der Waals surface area contributed by atoms with Gasteiger partial charge in [0.25, 0.3) is 0 Å². The summed E-state index contributed by atoms with van der Waals surface area (Å²) in [6.07, 6.45) is -3.93. The van der Waals surface area contributed by atoms with E-state index in [2.05, 4.69) is 0 Å². The first-order valence-corrected chi connectivity index (χ1v) is 6.76. The highest BCUT2D eigenvalue weighted by molar-refractivity contribution is 5.98. The highest BCUT2D eigenvalue weighted by Crippen LogP contribution is 2.34. The standard InChI is InChI=1S/C15H18F3NO/c1-11-4-2-3-5-13(11)14(20)10-19-8-6-12(7-9-19)15(16,17)18/h2-5,12H,6-10H2,1H3. The lowest BCUT2D eigenvalue weighted by Gasteiger charge is -2.32. The number of rotatable bonds is 3. The van der Waals surface area contributed by atoms with Gasteiger partial charge in [-0.25, -0.2) is 0 Å². The number of piperidine rings is 1. The van der Waals surface area contributed by atoms with E-state index in [1.165, 1.54) is 0 Å². The minimum absolute atomic E-state index is 0.0199. The van der Waals surface area contributed by atoms with Gasteiger partial charge in [-0.15, -0.1) is 0 Å². The second-order valence-corrected chi connectivity index (χ2v) is 5.33. The van der Waals surface area contributed by atoms with Gasteiger partial charge < -0.3 is 0 Å². The quantitative estimate of drug-likeness (QED) is 0.793. The number of carbonyl (C=O) groups excluding carboxylic acids is 1. The van der Waals surface area contributed by atoms with E-state index in [9.17, 15) is 18.0 Å². The number of ketones is 1. The van der Waals surface area contributed by atoms with Crippen molar-refractivity contribution in [1.82, 2.24) is 4.90 Å². The van der Waals surface area contributed by atoms with Crippen LogP contribution in [0.5, 0.6) is 0 Å². The summed E-state index contributed by atoms with van der Waals surface area (Å²) in [5.74, 6) is -1.24. The lowest BCUT2D eigenvalue weighted by atomic mass is 9.95.